The standard InChI is InChI=1S/C12H17ClFNOS/c1-17-8-10(5-6-16)15-7-9-3-2-4-11(13)12(9)14/h2-4,10,15-16H,5-8H2,1H3. The van der Waals surface area contributed by atoms with Crippen molar-refractivity contribution < 1.29 is 9.50 Å². The lowest BCUT2D eigenvalue weighted by Gasteiger charge is -2.17. The van der Waals surface area contributed by atoms with E-state index in [9.17, 15) is 4.39 Å². The first-order valence-electron chi connectivity index (χ1n) is 5.45. The van der Waals surface area contributed by atoms with Crippen molar-refractivity contribution in [3.8, 4) is 0 Å². The quantitative estimate of drug-likeness (QED) is 0.804. The summed E-state index contributed by atoms with van der Waals surface area (Å²) in [6, 6.07) is 5.17. The minimum atomic E-state index is -0.367. The summed E-state index contributed by atoms with van der Waals surface area (Å²) in [4.78, 5) is 0. The van der Waals surface area contributed by atoms with Crippen molar-refractivity contribution in [1.82, 2.24) is 5.32 Å². The predicted octanol–water partition coefficient (Wildman–Crippen LogP) is 2.68. The molecule has 0 spiro atoms. The predicted molar refractivity (Wildman–Crippen MR) is 72.1 cm³/mol. The van der Waals surface area contributed by atoms with E-state index in [1.54, 1.807) is 23.9 Å². The summed E-state index contributed by atoms with van der Waals surface area (Å²) >= 11 is 7.40. The van der Waals surface area contributed by atoms with Crippen LogP contribution in [0.15, 0.2) is 18.2 Å². The number of halogens is 2. The first-order chi connectivity index (χ1) is 8.19. The maximum atomic E-state index is 13.6. The Morgan fingerprint density at radius 1 is 1.53 bits per heavy atom. The van der Waals surface area contributed by atoms with Crippen LogP contribution in [0.3, 0.4) is 0 Å². The van der Waals surface area contributed by atoms with E-state index < -0.39 is 0 Å². The first kappa shape index (κ1) is 14.8. The van der Waals surface area contributed by atoms with E-state index in [-0.39, 0.29) is 23.5 Å². The van der Waals surface area contributed by atoms with Gasteiger partial charge >= 0.3 is 0 Å². The molecule has 0 heterocycles. The van der Waals surface area contributed by atoms with Gasteiger partial charge in [0.15, 0.2) is 0 Å². The second-order valence-electron chi connectivity index (χ2n) is 3.76. The molecule has 1 unspecified atom stereocenters. The second-order valence-corrected chi connectivity index (χ2v) is 5.08. The number of thioether (sulfide) groups is 1. The van der Waals surface area contributed by atoms with Gasteiger partial charge in [0.2, 0.25) is 0 Å². The fourth-order valence-corrected chi connectivity index (χ4v) is 2.42. The number of benzene rings is 1. The van der Waals surface area contributed by atoms with E-state index in [4.69, 9.17) is 16.7 Å². The molecule has 0 saturated heterocycles. The van der Waals surface area contributed by atoms with E-state index in [1.165, 1.54) is 6.07 Å². The van der Waals surface area contributed by atoms with Gasteiger partial charge in [0.25, 0.3) is 0 Å². The Kier molecular flexibility index (Phi) is 6.89. The lowest BCUT2D eigenvalue weighted by atomic mass is 10.2. The van der Waals surface area contributed by atoms with Gasteiger partial charge in [0, 0.05) is 30.5 Å². The third-order valence-corrected chi connectivity index (χ3v) is 3.49. The van der Waals surface area contributed by atoms with Crippen molar-refractivity contribution in [2.45, 2.75) is 19.0 Å². The van der Waals surface area contributed by atoms with Gasteiger partial charge < -0.3 is 10.4 Å². The molecule has 2 N–H and O–H groups in total. The molecule has 0 fully saturated rings. The molecule has 0 amide bonds. The summed E-state index contributed by atoms with van der Waals surface area (Å²) < 4.78 is 13.6. The van der Waals surface area contributed by atoms with Crippen LogP contribution in [0.2, 0.25) is 5.02 Å². The Balaban J connectivity index is 2.55. The van der Waals surface area contributed by atoms with Crippen molar-refractivity contribution in [3.05, 3.63) is 34.6 Å². The highest BCUT2D eigenvalue weighted by atomic mass is 35.5. The van der Waals surface area contributed by atoms with Crippen LogP contribution in [-0.2, 0) is 6.54 Å². The zero-order chi connectivity index (χ0) is 12.7. The molecule has 0 aliphatic carbocycles. The lowest BCUT2D eigenvalue weighted by Crippen LogP contribution is -2.32. The number of hydrogen-bond donors (Lipinski definition) is 2. The van der Waals surface area contributed by atoms with Gasteiger partial charge in [-0.3, -0.25) is 0 Å². The average molecular weight is 278 g/mol. The normalized spacial score (nSPS) is 12.7. The Labute approximate surface area is 111 Å². The highest BCUT2D eigenvalue weighted by Gasteiger charge is 2.10. The molecule has 0 aromatic heterocycles. The van der Waals surface area contributed by atoms with Gasteiger partial charge in [0.05, 0.1) is 5.02 Å². The van der Waals surface area contributed by atoms with Crippen LogP contribution in [-0.4, -0.2) is 29.8 Å². The van der Waals surface area contributed by atoms with Gasteiger partial charge in [-0.1, -0.05) is 23.7 Å². The van der Waals surface area contributed by atoms with Crippen molar-refractivity contribution in [2.24, 2.45) is 0 Å². The maximum absolute atomic E-state index is 13.6. The minimum Gasteiger partial charge on any atom is -0.396 e. The number of nitrogens with one attached hydrogen (secondary N) is 1. The molecule has 0 radical (unpaired) electrons. The van der Waals surface area contributed by atoms with Crippen LogP contribution < -0.4 is 5.32 Å². The summed E-state index contributed by atoms with van der Waals surface area (Å²) in [6.07, 6.45) is 2.68. The summed E-state index contributed by atoms with van der Waals surface area (Å²) in [7, 11) is 0. The van der Waals surface area contributed by atoms with E-state index in [0.717, 1.165) is 5.75 Å². The SMILES string of the molecule is CSCC(CCO)NCc1cccc(Cl)c1F. The van der Waals surface area contributed by atoms with Crippen LogP contribution in [0, 0.1) is 5.82 Å². The number of aliphatic hydroxyl groups is 1. The smallest absolute Gasteiger partial charge is 0.146 e. The van der Waals surface area contributed by atoms with Crippen molar-refractivity contribution in [3.63, 3.8) is 0 Å². The molecule has 1 aromatic carbocycles. The van der Waals surface area contributed by atoms with Crippen molar-refractivity contribution in [2.75, 3.05) is 18.6 Å². The third kappa shape index (κ3) is 4.84. The average Bonchev–Trinajstić information content (AvgIpc) is 2.31. The molecule has 0 saturated carbocycles. The molecule has 0 aliphatic heterocycles. The van der Waals surface area contributed by atoms with Crippen molar-refractivity contribution in [1.29, 1.82) is 0 Å². The topological polar surface area (TPSA) is 32.3 Å². The van der Waals surface area contributed by atoms with Crippen LogP contribution in [0.4, 0.5) is 4.39 Å². The highest BCUT2D eigenvalue weighted by Crippen LogP contribution is 2.17. The summed E-state index contributed by atoms with van der Waals surface area (Å²) in [5, 5.41) is 12.3. The van der Waals surface area contributed by atoms with Crippen LogP contribution in [0.1, 0.15) is 12.0 Å². The Hall–Kier alpha value is -0.290. The number of hydrogen-bond acceptors (Lipinski definition) is 3. The monoisotopic (exact) mass is 277 g/mol. The maximum Gasteiger partial charge on any atom is 0.146 e. The van der Waals surface area contributed by atoms with Crippen molar-refractivity contribution >= 4 is 23.4 Å². The lowest BCUT2D eigenvalue weighted by molar-refractivity contribution is 0.269. The zero-order valence-electron chi connectivity index (χ0n) is 9.75. The van der Waals surface area contributed by atoms with Gasteiger partial charge in [-0.15, -0.1) is 0 Å². The summed E-state index contributed by atoms with van der Waals surface area (Å²) in [5.74, 6) is 0.525. The van der Waals surface area contributed by atoms with Gasteiger partial charge in [-0.05, 0) is 18.7 Å². The molecular weight excluding hydrogens is 261 g/mol. The van der Waals surface area contributed by atoms with E-state index in [2.05, 4.69) is 5.32 Å². The Morgan fingerprint density at radius 2 is 2.29 bits per heavy atom. The number of rotatable bonds is 7. The van der Waals surface area contributed by atoms with E-state index in [1.807, 2.05) is 6.26 Å². The molecule has 5 heteroatoms. The molecule has 1 rings (SSSR count). The molecule has 17 heavy (non-hydrogen) atoms. The molecule has 96 valence electrons. The second kappa shape index (κ2) is 7.93. The summed E-state index contributed by atoms with van der Waals surface area (Å²) in [6.45, 7) is 0.563. The fraction of sp³-hybridized carbons (Fsp3) is 0.500. The Morgan fingerprint density at radius 3 is 2.94 bits per heavy atom. The minimum absolute atomic E-state index is 0.135. The van der Waals surface area contributed by atoms with Crippen LogP contribution >= 0.6 is 23.4 Å². The number of aliphatic hydroxyl groups excluding tert-OH is 1. The van der Waals surface area contributed by atoms with E-state index >= 15 is 0 Å². The van der Waals surface area contributed by atoms with Gasteiger partial charge in [-0.25, -0.2) is 4.39 Å². The largest absolute Gasteiger partial charge is 0.396 e. The zero-order valence-corrected chi connectivity index (χ0v) is 11.3. The van der Waals surface area contributed by atoms with Gasteiger partial charge in [-0.2, -0.15) is 11.8 Å². The third-order valence-electron chi connectivity index (χ3n) is 2.46. The molecule has 0 aliphatic rings. The molecule has 2 nitrogen and oxygen atoms in total. The Bertz CT molecular complexity index is 345. The molecule has 1 aromatic rings. The van der Waals surface area contributed by atoms with E-state index in [0.29, 0.717) is 18.5 Å². The first-order valence-corrected chi connectivity index (χ1v) is 7.22. The summed E-state index contributed by atoms with van der Waals surface area (Å²) in [5.41, 5.74) is 0.557. The molecule has 0 bridgehead atoms. The van der Waals surface area contributed by atoms with Gasteiger partial charge in [0.1, 0.15) is 5.82 Å². The highest BCUT2D eigenvalue weighted by molar-refractivity contribution is 7.98. The van der Waals surface area contributed by atoms with Crippen LogP contribution in [0.5, 0.6) is 0 Å². The fourth-order valence-electron chi connectivity index (χ4n) is 1.54. The molecular formula is C12H17ClFNOS. The molecule has 1 atom stereocenters. The van der Waals surface area contributed by atoms with Crippen LogP contribution in [0.25, 0.3) is 0 Å².